The van der Waals surface area contributed by atoms with E-state index < -0.39 is 12.1 Å². The van der Waals surface area contributed by atoms with E-state index in [9.17, 15) is 14.7 Å². The summed E-state index contributed by atoms with van der Waals surface area (Å²) in [6.45, 7) is 2.64. The van der Waals surface area contributed by atoms with E-state index in [1.165, 1.54) is 10.5 Å². The van der Waals surface area contributed by atoms with Gasteiger partial charge in [0.2, 0.25) is 5.91 Å². The average molecular weight is 310 g/mol. The van der Waals surface area contributed by atoms with Gasteiger partial charge >= 0.3 is 6.09 Å². The van der Waals surface area contributed by atoms with E-state index in [0.717, 1.165) is 16.7 Å². The Labute approximate surface area is 134 Å². The maximum absolute atomic E-state index is 11.4. The highest BCUT2D eigenvalue weighted by Gasteiger charge is 2.36. The number of β-lactam (4-membered cyclic amide) rings is 1. The molecule has 1 heterocycles. The SMILES string of the molecule is Cc1cccc(-c2ccc(CN(C(=O)O)[C@H]3CNC3=O)cc2)c1. The van der Waals surface area contributed by atoms with Gasteiger partial charge in [0.1, 0.15) is 6.04 Å². The monoisotopic (exact) mass is 310 g/mol. The molecule has 2 aromatic carbocycles. The number of rotatable bonds is 4. The third-order valence-electron chi connectivity index (χ3n) is 4.05. The van der Waals surface area contributed by atoms with Gasteiger partial charge in [-0.15, -0.1) is 0 Å². The first-order valence-electron chi connectivity index (χ1n) is 7.48. The van der Waals surface area contributed by atoms with Crippen LogP contribution in [0.1, 0.15) is 11.1 Å². The molecule has 5 nitrogen and oxygen atoms in total. The van der Waals surface area contributed by atoms with Crippen LogP contribution in [-0.4, -0.2) is 34.6 Å². The van der Waals surface area contributed by atoms with Crippen molar-refractivity contribution in [2.45, 2.75) is 19.5 Å². The van der Waals surface area contributed by atoms with Gasteiger partial charge in [0.05, 0.1) is 0 Å². The molecule has 0 radical (unpaired) electrons. The first-order chi connectivity index (χ1) is 11.0. The van der Waals surface area contributed by atoms with E-state index in [1.807, 2.05) is 49.4 Å². The van der Waals surface area contributed by atoms with Crippen LogP contribution in [0.2, 0.25) is 0 Å². The quantitative estimate of drug-likeness (QED) is 0.853. The molecule has 3 rings (SSSR count). The molecular formula is C18H18N2O3. The second-order valence-corrected chi connectivity index (χ2v) is 5.74. The van der Waals surface area contributed by atoms with E-state index in [2.05, 4.69) is 11.4 Å². The number of aryl methyl sites for hydroxylation is 1. The normalized spacial score (nSPS) is 16.4. The van der Waals surface area contributed by atoms with Crippen LogP contribution < -0.4 is 5.32 Å². The molecule has 2 N–H and O–H groups in total. The lowest BCUT2D eigenvalue weighted by atomic mass is 10.0. The number of hydrogen-bond acceptors (Lipinski definition) is 2. The van der Waals surface area contributed by atoms with Crippen LogP contribution >= 0.6 is 0 Å². The molecule has 0 aliphatic carbocycles. The zero-order chi connectivity index (χ0) is 16.4. The Bertz CT molecular complexity index is 740. The average Bonchev–Trinajstić information content (AvgIpc) is 2.53. The third-order valence-corrected chi connectivity index (χ3v) is 4.05. The van der Waals surface area contributed by atoms with Crippen LogP contribution in [-0.2, 0) is 11.3 Å². The maximum atomic E-state index is 11.4. The predicted octanol–water partition coefficient (Wildman–Crippen LogP) is 2.64. The van der Waals surface area contributed by atoms with Gasteiger partial charge in [0.25, 0.3) is 0 Å². The third kappa shape index (κ3) is 3.18. The van der Waals surface area contributed by atoms with Gasteiger partial charge in [-0.05, 0) is 23.6 Å². The molecule has 23 heavy (non-hydrogen) atoms. The number of carbonyl (C=O) groups excluding carboxylic acids is 1. The number of carboxylic acid groups (broad SMARTS) is 1. The number of nitrogens with zero attached hydrogens (tertiary/aromatic N) is 1. The lowest BCUT2D eigenvalue weighted by molar-refractivity contribution is -0.132. The van der Waals surface area contributed by atoms with Crippen molar-refractivity contribution in [3.05, 3.63) is 59.7 Å². The maximum Gasteiger partial charge on any atom is 0.408 e. The summed E-state index contributed by atoms with van der Waals surface area (Å²) in [6.07, 6.45) is -1.08. The van der Waals surface area contributed by atoms with Gasteiger partial charge in [-0.25, -0.2) is 4.79 Å². The number of carbonyl (C=O) groups is 2. The molecule has 2 amide bonds. The summed E-state index contributed by atoms with van der Waals surface area (Å²) in [7, 11) is 0. The lowest BCUT2D eigenvalue weighted by Crippen LogP contribution is -2.62. The van der Waals surface area contributed by atoms with E-state index >= 15 is 0 Å². The highest BCUT2D eigenvalue weighted by atomic mass is 16.4. The van der Waals surface area contributed by atoms with Crippen molar-refractivity contribution >= 4 is 12.0 Å². The van der Waals surface area contributed by atoms with Crippen LogP contribution in [0.4, 0.5) is 4.79 Å². The summed E-state index contributed by atoms with van der Waals surface area (Å²) in [6, 6.07) is 15.4. The second kappa shape index (κ2) is 6.12. The van der Waals surface area contributed by atoms with Crippen LogP contribution in [0, 0.1) is 6.92 Å². The van der Waals surface area contributed by atoms with E-state index in [0.29, 0.717) is 6.54 Å². The number of amides is 2. The largest absolute Gasteiger partial charge is 0.465 e. The van der Waals surface area contributed by atoms with Crippen molar-refractivity contribution in [2.75, 3.05) is 6.54 Å². The fourth-order valence-corrected chi connectivity index (χ4v) is 2.66. The van der Waals surface area contributed by atoms with Gasteiger partial charge in [-0.2, -0.15) is 0 Å². The molecule has 0 unspecified atom stereocenters. The van der Waals surface area contributed by atoms with Gasteiger partial charge in [0, 0.05) is 13.1 Å². The predicted molar refractivity (Wildman–Crippen MR) is 87.0 cm³/mol. The molecule has 0 aromatic heterocycles. The van der Waals surface area contributed by atoms with E-state index in [4.69, 9.17) is 0 Å². The highest BCUT2D eigenvalue weighted by molar-refractivity contribution is 5.90. The minimum Gasteiger partial charge on any atom is -0.465 e. The van der Waals surface area contributed by atoms with Gasteiger partial charge in [0.15, 0.2) is 0 Å². The smallest absolute Gasteiger partial charge is 0.408 e. The molecule has 0 spiro atoms. The Morgan fingerprint density at radius 2 is 1.96 bits per heavy atom. The zero-order valence-electron chi connectivity index (χ0n) is 12.8. The molecule has 1 aliphatic heterocycles. The summed E-state index contributed by atoms with van der Waals surface area (Å²) in [5, 5.41) is 11.9. The molecule has 0 bridgehead atoms. The molecule has 118 valence electrons. The van der Waals surface area contributed by atoms with Gasteiger partial charge < -0.3 is 10.4 Å². The van der Waals surface area contributed by atoms with Crippen molar-refractivity contribution in [1.82, 2.24) is 10.2 Å². The van der Waals surface area contributed by atoms with Crippen LogP contribution in [0.15, 0.2) is 48.5 Å². The Morgan fingerprint density at radius 3 is 2.48 bits per heavy atom. The molecular weight excluding hydrogens is 292 g/mol. The highest BCUT2D eigenvalue weighted by Crippen LogP contribution is 2.22. The van der Waals surface area contributed by atoms with Crippen molar-refractivity contribution < 1.29 is 14.7 Å². The minimum absolute atomic E-state index is 0.210. The van der Waals surface area contributed by atoms with Crippen molar-refractivity contribution in [2.24, 2.45) is 0 Å². The molecule has 1 aliphatic rings. The molecule has 2 aromatic rings. The van der Waals surface area contributed by atoms with Crippen LogP contribution in [0.25, 0.3) is 11.1 Å². The summed E-state index contributed by atoms with van der Waals surface area (Å²) in [5.41, 5.74) is 4.27. The Balaban J connectivity index is 1.76. The minimum atomic E-state index is -1.08. The molecule has 0 saturated carbocycles. The van der Waals surface area contributed by atoms with Gasteiger partial charge in [-0.1, -0.05) is 54.1 Å². The van der Waals surface area contributed by atoms with Crippen molar-refractivity contribution in [1.29, 1.82) is 0 Å². The fourth-order valence-electron chi connectivity index (χ4n) is 2.66. The number of hydrogen-bond donors (Lipinski definition) is 2. The van der Waals surface area contributed by atoms with Crippen LogP contribution in [0.5, 0.6) is 0 Å². The van der Waals surface area contributed by atoms with E-state index in [-0.39, 0.29) is 12.5 Å². The standard InChI is InChI=1S/C18H18N2O3/c1-12-3-2-4-15(9-12)14-7-5-13(6-8-14)11-20(18(22)23)16-10-19-17(16)21/h2-9,16H,10-11H2,1H3,(H,19,21)(H,22,23)/t16-/m0/s1. The second-order valence-electron chi connectivity index (χ2n) is 5.74. The Hall–Kier alpha value is -2.82. The van der Waals surface area contributed by atoms with Crippen molar-refractivity contribution in [3.63, 3.8) is 0 Å². The first-order valence-corrected chi connectivity index (χ1v) is 7.48. The van der Waals surface area contributed by atoms with Gasteiger partial charge in [-0.3, -0.25) is 9.69 Å². The number of benzene rings is 2. The first kappa shape index (κ1) is 15.1. The zero-order valence-corrected chi connectivity index (χ0v) is 12.8. The topological polar surface area (TPSA) is 69.6 Å². The van der Waals surface area contributed by atoms with Crippen LogP contribution in [0.3, 0.4) is 0 Å². The number of nitrogens with one attached hydrogen (secondary N) is 1. The van der Waals surface area contributed by atoms with E-state index in [1.54, 1.807) is 0 Å². The summed E-state index contributed by atoms with van der Waals surface area (Å²) in [4.78, 5) is 24.0. The molecule has 5 heteroatoms. The fraction of sp³-hybridized carbons (Fsp3) is 0.222. The lowest BCUT2D eigenvalue weighted by Gasteiger charge is -2.34. The Kier molecular flexibility index (Phi) is 4.02. The summed E-state index contributed by atoms with van der Waals surface area (Å²) >= 11 is 0. The summed E-state index contributed by atoms with van der Waals surface area (Å²) in [5.74, 6) is -0.233. The molecule has 1 atom stereocenters. The van der Waals surface area contributed by atoms with Crippen molar-refractivity contribution in [3.8, 4) is 11.1 Å². The molecule has 1 fully saturated rings. The Morgan fingerprint density at radius 1 is 1.22 bits per heavy atom. The summed E-state index contributed by atoms with van der Waals surface area (Å²) < 4.78 is 0. The molecule has 1 saturated heterocycles.